The molecule has 1 aliphatic carbocycles. The van der Waals surface area contributed by atoms with Crippen LogP contribution in [-0.2, 0) is 0 Å². The van der Waals surface area contributed by atoms with E-state index in [-0.39, 0.29) is 5.41 Å². The third-order valence-electron chi connectivity index (χ3n) is 2.41. The zero-order valence-corrected chi connectivity index (χ0v) is 8.22. The van der Waals surface area contributed by atoms with Crippen molar-refractivity contribution in [2.75, 3.05) is 0 Å². The number of hydrogen-bond acceptors (Lipinski definition) is 1. The van der Waals surface area contributed by atoms with Gasteiger partial charge >= 0.3 is 0 Å². The van der Waals surface area contributed by atoms with Crippen LogP contribution < -0.4 is 0 Å². The second-order valence-corrected chi connectivity index (χ2v) is 4.19. The van der Waals surface area contributed by atoms with E-state index >= 15 is 0 Å². The fraction of sp³-hybridized carbons (Fsp3) is 0.636. The van der Waals surface area contributed by atoms with Crippen LogP contribution in [0.15, 0.2) is 23.5 Å². The van der Waals surface area contributed by atoms with Gasteiger partial charge in [-0.3, -0.25) is 0 Å². The van der Waals surface area contributed by atoms with Crippen molar-refractivity contribution in [1.82, 2.24) is 0 Å². The largest absolute Gasteiger partial charge is 0.512 e. The van der Waals surface area contributed by atoms with Crippen molar-refractivity contribution in [3.05, 3.63) is 23.5 Å². The molecule has 0 spiro atoms. The van der Waals surface area contributed by atoms with Crippen molar-refractivity contribution >= 4 is 0 Å². The molecule has 0 bridgehead atoms. The van der Waals surface area contributed by atoms with Crippen molar-refractivity contribution in [2.45, 2.75) is 40.0 Å². The SMILES string of the molecule is CCCC1=CC=C(O)C(C)(C)C1. The first-order chi connectivity index (χ1) is 5.56. The van der Waals surface area contributed by atoms with Crippen LogP contribution in [-0.4, -0.2) is 5.11 Å². The van der Waals surface area contributed by atoms with E-state index in [1.807, 2.05) is 6.08 Å². The van der Waals surface area contributed by atoms with Crippen LogP contribution in [0.2, 0.25) is 0 Å². The molecule has 0 saturated heterocycles. The number of aliphatic hydroxyl groups excluding tert-OH is 1. The molecular weight excluding hydrogens is 148 g/mol. The topological polar surface area (TPSA) is 20.2 Å². The Morgan fingerprint density at radius 1 is 1.42 bits per heavy atom. The molecule has 0 amide bonds. The van der Waals surface area contributed by atoms with Crippen molar-refractivity contribution in [1.29, 1.82) is 0 Å². The van der Waals surface area contributed by atoms with E-state index in [2.05, 4.69) is 26.8 Å². The van der Waals surface area contributed by atoms with Gasteiger partial charge in [-0.25, -0.2) is 0 Å². The lowest BCUT2D eigenvalue weighted by molar-refractivity contribution is 0.250. The highest BCUT2D eigenvalue weighted by atomic mass is 16.3. The van der Waals surface area contributed by atoms with E-state index in [4.69, 9.17) is 0 Å². The number of allylic oxidation sites excluding steroid dienone is 4. The maximum atomic E-state index is 9.54. The second-order valence-electron chi connectivity index (χ2n) is 4.19. The zero-order chi connectivity index (χ0) is 9.19. The van der Waals surface area contributed by atoms with Crippen LogP contribution in [0.4, 0.5) is 0 Å². The molecule has 0 unspecified atom stereocenters. The van der Waals surface area contributed by atoms with Gasteiger partial charge in [-0.1, -0.05) is 38.8 Å². The first-order valence-corrected chi connectivity index (χ1v) is 4.65. The van der Waals surface area contributed by atoms with Gasteiger partial charge < -0.3 is 5.11 Å². The molecule has 0 aromatic carbocycles. The molecule has 1 nitrogen and oxygen atoms in total. The Morgan fingerprint density at radius 3 is 2.58 bits per heavy atom. The van der Waals surface area contributed by atoms with Gasteiger partial charge in [0.2, 0.25) is 0 Å². The van der Waals surface area contributed by atoms with Crippen LogP contribution in [0, 0.1) is 5.41 Å². The van der Waals surface area contributed by atoms with Gasteiger partial charge in [0.15, 0.2) is 0 Å². The normalized spacial score (nSPS) is 21.6. The van der Waals surface area contributed by atoms with Crippen molar-refractivity contribution in [2.24, 2.45) is 5.41 Å². The molecular formula is C11H18O. The quantitative estimate of drug-likeness (QED) is 0.664. The molecule has 0 saturated carbocycles. The molecule has 1 heteroatoms. The summed E-state index contributed by atoms with van der Waals surface area (Å²) in [6.07, 6.45) is 7.26. The van der Waals surface area contributed by atoms with Crippen molar-refractivity contribution in [3.8, 4) is 0 Å². The highest BCUT2D eigenvalue weighted by Gasteiger charge is 2.26. The Kier molecular flexibility index (Phi) is 2.61. The molecule has 0 aromatic heterocycles. The lowest BCUT2D eigenvalue weighted by Crippen LogP contribution is -2.18. The van der Waals surface area contributed by atoms with Crippen LogP contribution >= 0.6 is 0 Å². The molecule has 0 atom stereocenters. The monoisotopic (exact) mass is 166 g/mol. The molecule has 1 rings (SSSR count). The molecule has 0 fully saturated rings. The van der Waals surface area contributed by atoms with Crippen LogP contribution in [0.25, 0.3) is 0 Å². The number of hydrogen-bond donors (Lipinski definition) is 1. The van der Waals surface area contributed by atoms with E-state index in [0.717, 1.165) is 12.8 Å². The second kappa shape index (κ2) is 3.34. The lowest BCUT2D eigenvalue weighted by atomic mass is 9.79. The summed E-state index contributed by atoms with van der Waals surface area (Å²) in [5.74, 6) is 0.516. The average Bonchev–Trinajstić information content (AvgIpc) is 1.97. The van der Waals surface area contributed by atoms with E-state index in [9.17, 15) is 5.11 Å². The van der Waals surface area contributed by atoms with Crippen LogP contribution in [0.5, 0.6) is 0 Å². The minimum Gasteiger partial charge on any atom is -0.512 e. The fourth-order valence-electron chi connectivity index (χ4n) is 1.63. The summed E-state index contributed by atoms with van der Waals surface area (Å²) in [7, 11) is 0. The van der Waals surface area contributed by atoms with E-state index in [0.29, 0.717) is 5.76 Å². The first-order valence-electron chi connectivity index (χ1n) is 4.65. The molecule has 68 valence electrons. The first kappa shape index (κ1) is 9.37. The molecule has 1 aliphatic rings. The van der Waals surface area contributed by atoms with Gasteiger partial charge in [0.25, 0.3) is 0 Å². The van der Waals surface area contributed by atoms with Gasteiger partial charge in [-0.05, 0) is 18.9 Å². The lowest BCUT2D eigenvalue weighted by Gasteiger charge is -2.28. The highest BCUT2D eigenvalue weighted by molar-refractivity contribution is 5.25. The third-order valence-corrected chi connectivity index (χ3v) is 2.41. The molecule has 0 heterocycles. The van der Waals surface area contributed by atoms with Gasteiger partial charge in [0.05, 0.1) is 5.76 Å². The van der Waals surface area contributed by atoms with Gasteiger partial charge in [0, 0.05) is 5.41 Å². The molecule has 0 aliphatic heterocycles. The Labute approximate surface area is 74.8 Å². The van der Waals surface area contributed by atoms with E-state index in [1.54, 1.807) is 0 Å². The number of rotatable bonds is 2. The van der Waals surface area contributed by atoms with Gasteiger partial charge in [-0.15, -0.1) is 0 Å². The molecule has 1 N–H and O–H groups in total. The summed E-state index contributed by atoms with van der Waals surface area (Å²) in [6.45, 7) is 6.36. The Balaban J connectivity index is 2.73. The minimum absolute atomic E-state index is 0.0424. The summed E-state index contributed by atoms with van der Waals surface area (Å²) in [5.41, 5.74) is 1.42. The molecule has 0 radical (unpaired) electrons. The standard InChI is InChI=1S/C11H18O/c1-4-5-9-6-7-10(12)11(2,3)8-9/h6-7,12H,4-5,8H2,1-3H3. The Bertz CT molecular complexity index is 221. The van der Waals surface area contributed by atoms with Crippen molar-refractivity contribution < 1.29 is 5.11 Å². The van der Waals surface area contributed by atoms with Gasteiger partial charge in [0.1, 0.15) is 0 Å². The summed E-state index contributed by atoms with van der Waals surface area (Å²) in [5, 5.41) is 9.54. The summed E-state index contributed by atoms with van der Waals surface area (Å²) in [4.78, 5) is 0. The smallest absolute Gasteiger partial charge is 0.0981 e. The molecule has 12 heavy (non-hydrogen) atoms. The molecule has 0 aromatic rings. The maximum Gasteiger partial charge on any atom is 0.0981 e. The Morgan fingerprint density at radius 2 is 2.08 bits per heavy atom. The fourth-order valence-corrected chi connectivity index (χ4v) is 1.63. The summed E-state index contributed by atoms with van der Waals surface area (Å²) >= 11 is 0. The van der Waals surface area contributed by atoms with Crippen molar-refractivity contribution in [3.63, 3.8) is 0 Å². The average molecular weight is 166 g/mol. The van der Waals surface area contributed by atoms with Gasteiger partial charge in [-0.2, -0.15) is 0 Å². The predicted octanol–water partition coefficient (Wildman–Crippen LogP) is 3.58. The number of aliphatic hydroxyl groups is 1. The minimum atomic E-state index is -0.0424. The third kappa shape index (κ3) is 1.90. The zero-order valence-electron chi connectivity index (χ0n) is 8.22. The maximum absolute atomic E-state index is 9.54. The Hall–Kier alpha value is -0.720. The highest BCUT2D eigenvalue weighted by Crippen LogP contribution is 2.36. The van der Waals surface area contributed by atoms with E-state index < -0.39 is 0 Å². The summed E-state index contributed by atoms with van der Waals surface area (Å²) in [6, 6.07) is 0. The van der Waals surface area contributed by atoms with Crippen LogP contribution in [0.1, 0.15) is 40.0 Å². The van der Waals surface area contributed by atoms with Crippen LogP contribution in [0.3, 0.4) is 0 Å². The summed E-state index contributed by atoms with van der Waals surface area (Å²) < 4.78 is 0. The van der Waals surface area contributed by atoms with E-state index in [1.165, 1.54) is 12.0 Å². The predicted molar refractivity (Wildman–Crippen MR) is 52.1 cm³/mol.